The first-order valence-corrected chi connectivity index (χ1v) is 6.80. The van der Waals surface area contributed by atoms with Crippen molar-refractivity contribution in [1.29, 1.82) is 0 Å². The summed E-state index contributed by atoms with van der Waals surface area (Å²) in [5.41, 5.74) is 6.79. The standard InChI is InChI=1S/C15H18N4O3/c1-4-19-8-11(13(18-19)14(16)20)17-15(21)10-6-5-7-12(22-3)9(10)2/h5-8H,4H2,1-3H3,(H2,16,20)(H,17,21). The van der Waals surface area contributed by atoms with Crippen molar-refractivity contribution in [1.82, 2.24) is 9.78 Å². The summed E-state index contributed by atoms with van der Waals surface area (Å²) < 4.78 is 6.73. The van der Waals surface area contributed by atoms with Gasteiger partial charge in [-0.15, -0.1) is 0 Å². The van der Waals surface area contributed by atoms with Gasteiger partial charge in [-0.25, -0.2) is 0 Å². The SMILES string of the molecule is CCn1cc(NC(=O)c2cccc(OC)c2C)c(C(N)=O)n1. The Kier molecular flexibility index (Phi) is 4.45. The van der Waals surface area contributed by atoms with Crippen molar-refractivity contribution in [2.24, 2.45) is 5.73 Å². The lowest BCUT2D eigenvalue weighted by molar-refractivity contribution is 0.0995. The van der Waals surface area contributed by atoms with Gasteiger partial charge in [0.05, 0.1) is 12.8 Å². The fourth-order valence-electron chi connectivity index (χ4n) is 2.13. The summed E-state index contributed by atoms with van der Waals surface area (Å²) in [4.78, 5) is 23.8. The maximum absolute atomic E-state index is 12.4. The monoisotopic (exact) mass is 302 g/mol. The van der Waals surface area contributed by atoms with Crippen molar-refractivity contribution in [3.8, 4) is 5.75 Å². The van der Waals surface area contributed by atoms with Gasteiger partial charge in [-0.1, -0.05) is 6.07 Å². The first-order valence-electron chi connectivity index (χ1n) is 6.80. The number of hydrogen-bond acceptors (Lipinski definition) is 4. The predicted molar refractivity (Wildman–Crippen MR) is 82.1 cm³/mol. The molecular weight excluding hydrogens is 284 g/mol. The number of carbonyl (C=O) groups excluding carboxylic acids is 2. The minimum Gasteiger partial charge on any atom is -0.496 e. The molecule has 0 saturated carbocycles. The van der Waals surface area contributed by atoms with E-state index < -0.39 is 5.91 Å². The number of carbonyl (C=O) groups is 2. The van der Waals surface area contributed by atoms with Gasteiger partial charge in [0.15, 0.2) is 5.69 Å². The minimum absolute atomic E-state index is 0.0377. The largest absolute Gasteiger partial charge is 0.496 e. The molecule has 7 heteroatoms. The highest BCUT2D eigenvalue weighted by Gasteiger charge is 2.18. The number of aryl methyl sites for hydroxylation is 1. The Balaban J connectivity index is 2.33. The van der Waals surface area contributed by atoms with Crippen LogP contribution in [0.2, 0.25) is 0 Å². The molecule has 1 aromatic carbocycles. The van der Waals surface area contributed by atoms with E-state index in [0.717, 1.165) is 0 Å². The molecule has 0 bridgehead atoms. The van der Waals surface area contributed by atoms with Crippen LogP contribution >= 0.6 is 0 Å². The molecule has 1 aromatic heterocycles. The number of anilines is 1. The number of hydrogen-bond donors (Lipinski definition) is 2. The molecular formula is C15H18N4O3. The van der Waals surface area contributed by atoms with Gasteiger partial charge in [-0.05, 0) is 26.0 Å². The fourth-order valence-corrected chi connectivity index (χ4v) is 2.13. The van der Waals surface area contributed by atoms with Gasteiger partial charge < -0.3 is 15.8 Å². The summed E-state index contributed by atoms with van der Waals surface area (Å²) in [6.45, 7) is 4.22. The normalized spacial score (nSPS) is 10.3. The van der Waals surface area contributed by atoms with Crippen LogP contribution in [0.1, 0.15) is 33.3 Å². The number of amides is 2. The molecule has 0 aliphatic carbocycles. The molecule has 2 amide bonds. The van der Waals surface area contributed by atoms with Crippen molar-refractivity contribution in [3.05, 3.63) is 41.2 Å². The van der Waals surface area contributed by atoms with Crippen LogP contribution in [0.4, 0.5) is 5.69 Å². The van der Waals surface area contributed by atoms with E-state index in [4.69, 9.17) is 10.5 Å². The van der Waals surface area contributed by atoms with Crippen LogP contribution in [-0.2, 0) is 6.54 Å². The zero-order chi connectivity index (χ0) is 16.3. The molecule has 7 nitrogen and oxygen atoms in total. The number of nitrogens with two attached hydrogens (primary N) is 1. The molecule has 1 heterocycles. The lowest BCUT2D eigenvalue weighted by atomic mass is 10.1. The van der Waals surface area contributed by atoms with Gasteiger partial charge in [0.1, 0.15) is 5.75 Å². The van der Waals surface area contributed by atoms with Crippen molar-refractivity contribution in [2.45, 2.75) is 20.4 Å². The summed E-state index contributed by atoms with van der Waals surface area (Å²) in [5.74, 6) is -0.425. The van der Waals surface area contributed by atoms with E-state index in [2.05, 4.69) is 10.4 Å². The summed E-state index contributed by atoms with van der Waals surface area (Å²) in [6, 6.07) is 5.18. The first-order chi connectivity index (χ1) is 10.5. The van der Waals surface area contributed by atoms with E-state index in [9.17, 15) is 9.59 Å². The molecule has 0 fully saturated rings. The van der Waals surface area contributed by atoms with Gasteiger partial charge in [-0.3, -0.25) is 14.3 Å². The molecule has 0 saturated heterocycles. The molecule has 2 aromatic rings. The van der Waals surface area contributed by atoms with Gasteiger partial charge in [0.25, 0.3) is 11.8 Å². The Bertz CT molecular complexity index is 722. The van der Waals surface area contributed by atoms with Crippen molar-refractivity contribution >= 4 is 17.5 Å². The van der Waals surface area contributed by atoms with Crippen LogP contribution in [0, 0.1) is 6.92 Å². The second-order valence-electron chi connectivity index (χ2n) is 4.70. The molecule has 2 rings (SSSR count). The number of rotatable bonds is 5. The smallest absolute Gasteiger partial charge is 0.271 e. The third kappa shape index (κ3) is 2.93. The van der Waals surface area contributed by atoms with E-state index >= 15 is 0 Å². The number of nitrogens with one attached hydrogen (secondary N) is 1. The van der Waals surface area contributed by atoms with Crippen LogP contribution in [0.3, 0.4) is 0 Å². The topological polar surface area (TPSA) is 99.2 Å². The van der Waals surface area contributed by atoms with E-state index in [1.54, 1.807) is 38.4 Å². The van der Waals surface area contributed by atoms with Crippen LogP contribution < -0.4 is 15.8 Å². The van der Waals surface area contributed by atoms with Crippen molar-refractivity contribution in [3.63, 3.8) is 0 Å². The molecule has 116 valence electrons. The molecule has 22 heavy (non-hydrogen) atoms. The van der Waals surface area contributed by atoms with Crippen LogP contribution in [0.25, 0.3) is 0 Å². The maximum Gasteiger partial charge on any atom is 0.271 e. The van der Waals surface area contributed by atoms with Gasteiger partial charge in [-0.2, -0.15) is 5.10 Å². The Morgan fingerprint density at radius 1 is 1.41 bits per heavy atom. The Morgan fingerprint density at radius 2 is 2.14 bits per heavy atom. The predicted octanol–water partition coefficient (Wildman–Crippen LogP) is 1.57. The number of methoxy groups -OCH3 is 1. The van der Waals surface area contributed by atoms with Crippen LogP contribution in [0.15, 0.2) is 24.4 Å². The minimum atomic E-state index is -0.690. The quantitative estimate of drug-likeness (QED) is 0.875. The third-order valence-corrected chi connectivity index (χ3v) is 3.32. The molecule has 0 spiro atoms. The molecule has 0 unspecified atom stereocenters. The maximum atomic E-state index is 12.4. The van der Waals surface area contributed by atoms with Crippen molar-refractivity contribution < 1.29 is 14.3 Å². The van der Waals surface area contributed by atoms with Gasteiger partial charge >= 0.3 is 0 Å². The summed E-state index contributed by atoms with van der Waals surface area (Å²) in [6.07, 6.45) is 1.58. The fraction of sp³-hybridized carbons (Fsp3) is 0.267. The van der Waals surface area contributed by atoms with Gasteiger partial charge in [0.2, 0.25) is 0 Å². The summed E-state index contributed by atoms with van der Waals surface area (Å²) in [7, 11) is 1.54. The number of benzene rings is 1. The van der Waals surface area contributed by atoms with E-state index in [0.29, 0.717) is 29.1 Å². The van der Waals surface area contributed by atoms with Gasteiger partial charge in [0, 0.05) is 23.9 Å². The second kappa shape index (κ2) is 6.30. The Morgan fingerprint density at radius 3 is 2.73 bits per heavy atom. The Labute approximate surface area is 128 Å². The second-order valence-corrected chi connectivity index (χ2v) is 4.70. The average Bonchev–Trinajstić information content (AvgIpc) is 2.90. The van der Waals surface area contributed by atoms with Crippen LogP contribution in [-0.4, -0.2) is 28.7 Å². The first kappa shape index (κ1) is 15.6. The number of primary amides is 1. The summed E-state index contributed by atoms with van der Waals surface area (Å²) in [5, 5.41) is 6.71. The lowest BCUT2D eigenvalue weighted by Gasteiger charge is -2.10. The third-order valence-electron chi connectivity index (χ3n) is 3.32. The van der Waals surface area contributed by atoms with Crippen LogP contribution in [0.5, 0.6) is 5.75 Å². The zero-order valence-corrected chi connectivity index (χ0v) is 12.7. The molecule has 0 aliphatic rings. The number of nitrogens with zero attached hydrogens (tertiary/aromatic N) is 2. The average molecular weight is 302 g/mol. The number of ether oxygens (including phenoxy) is 1. The van der Waals surface area contributed by atoms with E-state index in [-0.39, 0.29) is 11.6 Å². The zero-order valence-electron chi connectivity index (χ0n) is 12.7. The Hall–Kier alpha value is -2.83. The highest BCUT2D eigenvalue weighted by molar-refractivity contribution is 6.08. The molecule has 3 N–H and O–H groups in total. The van der Waals surface area contributed by atoms with Crippen molar-refractivity contribution in [2.75, 3.05) is 12.4 Å². The molecule has 0 aliphatic heterocycles. The van der Waals surface area contributed by atoms with E-state index in [1.165, 1.54) is 4.68 Å². The summed E-state index contributed by atoms with van der Waals surface area (Å²) >= 11 is 0. The molecule has 0 atom stereocenters. The number of aromatic nitrogens is 2. The van der Waals surface area contributed by atoms with E-state index in [1.807, 2.05) is 6.92 Å². The highest BCUT2D eigenvalue weighted by Crippen LogP contribution is 2.22. The highest BCUT2D eigenvalue weighted by atomic mass is 16.5. The lowest BCUT2D eigenvalue weighted by Crippen LogP contribution is -2.18. The molecule has 0 radical (unpaired) electrons.